The maximum absolute atomic E-state index is 5.42. The number of ether oxygens (including phenoxy) is 1. The molecule has 0 spiro atoms. The van der Waals surface area contributed by atoms with Crippen LogP contribution in [-0.2, 0) is 6.54 Å². The van der Waals surface area contributed by atoms with E-state index in [0.717, 1.165) is 50.7 Å². The highest BCUT2D eigenvalue weighted by Crippen LogP contribution is 2.23. The quantitative estimate of drug-likeness (QED) is 0.880. The molecule has 2 aromatic rings. The van der Waals surface area contributed by atoms with Crippen LogP contribution in [0, 0.1) is 0 Å². The van der Waals surface area contributed by atoms with Crippen LogP contribution in [0.5, 0.6) is 5.75 Å². The standard InChI is InChI=1S/C20H27N3O/c1-3-22-11-13-23(14-12-22)19-9-6-8-18(15-19)21-16-17-7-4-5-10-20(17)24-2/h4-10,15,21H,3,11-14,16H2,1-2H3. The Labute approximate surface area is 145 Å². The summed E-state index contributed by atoms with van der Waals surface area (Å²) in [6.07, 6.45) is 0. The second-order valence-electron chi connectivity index (χ2n) is 6.14. The van der Waals surface area contributed by atoms with E-state index in [2.05, 4.69) is 52.4 Å². The zero-order chi connectivity index (χ0) is 16.8. The number of hydrogen-bond acceptors (Lipinski definition) is 4. The summed E-state index contributed by atoms with van der Waals surface area (Å²) >= 11 is 0. The van der Waals surface area contributed by atoms with Gasteiger partial charge in [-0.05, 0) is 30.8 Å². The number of nitrogens with one attached hydrogen (secondary N) is 1. The fourth-order valence-corrected chi connectivity index (χ4v) is 3.18. The van der Waals surface area contributed by atoms with Crippen LogP contribution >= 0.6 is 0 Å². The van der Waals surface area contributed by atoms with E-state index in [4.69, 9.17) is 4.74 Å². The predicted octanol–water partition coefficient (Wildman–Crippen LogP) is 3.45. The van der Waals surface area contributed by atoms with E-state index >= 15 is 0 Å². The lowest BCUT2D eigenvalue weighted by molar-refractivity contribution is 0.271. The van der Waals surface area contributed by atoms with Gasteiger partial charge in [0.15, 0.2) is 0 Å². The number of nitrogens with zero attached hydrogens (tertiary/aromatic N) is 2. The molecule has 0 atom stereocenters. The first-order chi connectivity index (χ1) is 11.8. The van der Waals surface area contributed by atoms with Gasteiger partial charge in [0, 0.05) is 49.7 Å². The highest BCUT2D eigenvalue weighted by molar-refractivity contribution is 5.58. The second kappa shape index (κ2) is 8.06. The second-order valence-corrected chi connectivity index (χ2v) is 6.14. The van der Waals surface area contributed by atoms with Gasteiger partial charge in [0.1, 0.15) is 5.75 Å². The molecule has 24 heavy (non-hydrogen) atoms. The van der Waals surface area contributed by atoms with Crippen LogP contribution in [0.4, 0.5) is 11.4 Å². The average Bonchev–Trinajstić information content (AvgIpc) is 2.67. The molecule has 128 valence electrons. The number of benzene rings is 2. The summed E-state index contributed by atoms with van der Waals surface area (Å²) in [5, 5.41) is 3.52. The minimum atomic E-state index is 0.761. The van der Waals surface area contributed by atoms with Crippen LogP contribution in [0.2, 0.25) is 0 Å². The lowest BCUT2D eigenvalue weighted by atomic mass is 10.2. The molecule has 4 heteroatoms. The number of anilines is 2. The monoisotopic (exact) mass is 325 g/mol. The van der Waals surface area contributed by atoms with Crippen molar-refractivity contribution in [3.63, 3.8) is 0 Å². The van der Waals surface area contributed by atoms with Crippen molar-refractivity contribution in [2.45, 2.75) is 13.5 Å². The Morgan fingerprint density at radius 2 is 1.79 bits per heavy atom. The number of methoxy groups -OCH3 is 1. The number of para-hydroxylation sites is 1. The average molecular weight is 325 g/mol. The van der Waals surface area contributed by atoms with Gasteiger partial charge in [-0.25, -0.2) is 0 Å². The van der Waals surface area contributed by atoms with Gasteiger partial charge in [0.2, 0.25) is 0 Å². The van der Waals surface area contributed by atoms with Crippen molar-refractivity contribution in [2.24, 2.45) is 0 Å². The number of hydrogen-bond donors (Lipinski definition) is 1. The molecule has 1 fully saturated rings. The van der Waals surface area contributed by atoms with Crippen LogP contribution < -0.4 is 15.0 Å². The third kappa shape index (κ3) is 4.01. The summed E-state index contributed by atoms with van der Waals surface area (Å²) in [7, 11) is 1.72. The molecule has 0 aromatic heterocycles. The number of likely N-dealkylation sites (N-methyl/N-ethyl adjacent to an activating group) is 1. The molecular formula is C20H27N3O. The first-order valence-corrected chi connectivity index (χ1v) is 8.73. The van der Waals surface area contributed by atoms with Crippen molar-refractivity contribution in [2.75, 3.05) is 50.1 Å². The maximum Gasteiger partial charge on any atom is 0.123 e. The first-order valence-electron chi connectivity index (χ1n) is 8.73. The van der Waals surface area contributed by atoms with Gasteiger partial charge in [-0.1, -0.05) is 31.2 Å². The minimum absolute atomic E-state index is 0.761. The maximum atomic E-state index is 5.42. The van der Waals surface area contributed by atoms with Crippen LogP contribution in [0.3, 0.4) is 0 Å². The lowest BCUT2D eigenvalue weighted by Crippen LogP contribution is -2.46. The van der Waals surface area contributed by atoms with E-state index < -0.39 is 0 Å². The fourth-order valence-electron chi connectivity index (χ4n) is 3.18. The van der Waals surface area contributed by atoms with E-state index in [1.54, 1.807) is 7.11 Å². The molecule has 3 rings (SSSR count). The van der Waals surface area contributed by atoms with E-state index in [-0.39, 0.29) is 0 Å². The zero-order valence-corrected chi connectivity index (χ0v) is 14.7. The largest absolute Gasteiger partial charge is 0.496 e. The van der Waals surface area contributed by atoms with Crippen LogP contribution in [0.25, 0.3) is 0 Å². The van der Waals surface area contributed by atoms with Crippen molar-refractivity contribution in [1.82, 2.24) is 4.90 Å². The molecule has 0 bridgehead atoms. The van der Waals surface area contributed by atoms with Crippen molar-refractivity contribution < 1.29 is 4.74 Å². The SMILES string of the molecule is CCN1CCN(c2cccc(NCc3ccccc3OC)c2)CC1. The third-order valence-corrected chi connectivity index (χ3v) is 4.71. The molecule has 1 N–H and O–H groups in total. The molecule has 0 unspecified atom stereocenters. The Morgan fingerprint density at radius 3 is 2.54 bits per heavy atom. The van der Waals surface area contributed by atoms with E-state index in [1.807, 2.05) is 18.2 Å². The summed E-state index contributed by atoms with van der Waals surface area (Å²) in [4.78, 5) is 4.97. The smallest absolute Gasteiger partial charge is 0.123 e. The summed E-state index contributed by atoms with van der Waals surface area (Å²) < 4.78 is 5.42. The highest BCUT2D eigenvalue weighted by atomic mass is 16.5. The van der Waals surface area contributed by atoms with E-state index in [1.165, 1.54) is 11.3 Å². The van der Waals surface area contributed by atoms with Gasteiger partial charge >= 0.3 is 0 Å². The molecule has 0 radical (unpaired) electrons. The summed E-state index contributed by atoms with van der Waals surface area (Å²) in [5.74, 6) is 0.928. The van der Waals surface area contributed by atoms with Crippen molar-refractivity contribution in [3.05, 3.63) is 54.1 Å². The zero-order valence-electron chi connectivity index (χ0n) is 14.7. The topological polar surface area (TPSA) is 27.7 Å². The number of piperazine rings is 1. The van der Waals surface area contributed by atoms with E-state index in [9.17, 15) is 0 Å². The Bertz CT molecular complexity index is 651. The van der Waals surface area contributed by atoms with E-state index in [0.29, 0.717) is 0 Å². The molecule has 0 saturated carbocycles. The molecule has 0 amide bonds. The molecule has 2 aromatic carbocycles. The molecule has 0 aliphatic carbocycles. The normalized spacial score (nSPS) is 15.3. The molecule has 1 aliphatic heterocycles. The minimum Gasteiger partial charge on any atom is -0.496 e. The summed E-state index contributed by atoms with van der Waals surface area (Å²) in [6, 6.07) is 16.8. The van der Waals surface area contributed by atoms with Crippen LogP contribution in [0.15, 0.2) is 48.5 Å². The Morgan fingerprint density at radius 1 is 1.00 bits per heavy atom. The van der Waals surface area contributed by atoms with Gasteiger partial charge in [-0.2, -0.15) is 0 Å². The summed E-state index contributed by atoms with van der Waals surface area (Å²) in [6.45, 7) is 8.64. The lowest BCUT2D eigenvalue weighted by Gasteiger charge is -2.35. The Hall–Kier alpha value is -2.20. The molecule has 4 nitrogen and oxygen atoms in total. The highest BCUT2D eigenvalue weighted by Gasteiger charge is 2.15. The summed E-state index contributed by atoms with van der Waals surface area (Å²) in [5.41, 5.74) is 3.62. The predicted molar refractivity (Wildman–Crippen MR) is 101 cm³/mol. The first kappa shape index (κ1) is 16.7. The van der Waals surface area contributed by atoms with Gasteiger partial charge < -0.3 is 19.9 Å². The van der Waals surface area contributed by atoms with Crippen LogP contribution in [-0.4, -0.2) is 44.7 Å². The third-order valence-electron chi connectivity index (χ3n) is 4.71. The van der Waals surface area contributed by atoms with Gasteiger partial charge in [0.25, 0.3) is 0 Å². The van der Waals surface area contributed by atoms with Crippen molar-refractivity contribution >= 4 is 11.4 Å². The fraction of sp³-hybridized carbons (Fsp3) is 0.400. The molecule has 1 heterocycles. The van der Waals surface area contributed by atoms with Gasteiger partial charge in [0.05, 0.1) is 7.11 Å². The Balaban J connectivity index is 1.63. The van der Waals surface area contributed by atoms with Crippen molar-refractivity contribution in [3.8, 4) is 5.75 Å². The van der Waals surface area contributed by atoms with Crippen LogP contribution in [0.1, 0.15) is 12.5 Å². The molecule has 1 aliphatic rings. The van der Waals surface area contributed by atoms with Gasteiger partial charge in [-0.15, -0.1) is 0 Å². The Kier molecular flexibility index (Phi) is 5.59. The number of rotatable bonds is 6. The van der Waals surface area contributed by atoms with Crippen molar-refractivity contribution in [1.29, 1.82) is 0 Å². The van der Waals surface area contributed by atoms with Gasteiger partial charge in [-0.3, -0.25) is 0 Å². The molecular weight excluding hydrogens is 298 g/mol. The molecule has 1 saturated heterocycles.